The number of rotatable bonds is 4. The molecule has 1 aliphatic heterocycles. The summed E-state index contributed by atoms with van der Waals surface area (Å²) in [5, 5.41) is 4.69. The topological polar surface area (TPSA) is 26.0 Å². The van der Waals surface area contributed by atoms with Crippen molar-refractivity contribution < 1.29 is 8.78 Å². The average Bonchev–Trinajstić information content (AvgIpc) is 3.33. The monoisotopic (exact) mass is 350 g/mol. The fourth-order valence-corrected chi connectivity index (χ4v) is 3.85. The van der Waals surface area contributed by atoms with Crippen LogP contribution in [-0.4, -0.2) is 20.9 Å². The molecule has 0 atom stereocenters. The number of hydrogen-bond donors (Lipinski definition) is 0. The van der Waals surface area contributed by atoms with Crippen LogP contribution in [0.3, 0.4) is 0 Å². The molecule has 2 heterocycles. The fourth-order valence-electron chi connectivity index (χ4n) is 3.53. The second kappa shape index (κ2) is 5.95. The number of aromatic nitrogens is 3. The molecule has 1 aromatic heterocycles. The Morgan fingerprint density at radius 1 is 1.29 bits per heavy atom. The summed E-state index contributed by atoms with van der Waals surface area (Å²) in [6, 6.07) is 2.39. The highest BCUT2D eigenvalue weighted by Crippen LogP contribution is 2.39. The van der Waals surface area contributed by atoms with Crippen LogP contribution in [0.4, 0.5) is 14.5 Å². The van der Waals surface area contributed by atoms with Crippen molar-refractivity contribution in [3.63, 3.8) is 0 Å². The number of anilines is 1. The predicted molar refractivity (Wildman–Crippen MR) is 90.7 cm³/mol. The van der Waals surface area contributed by atoms with Crippen molar-refractivity contribution in [1.82, 2.24) is 14.3 Å². The quantitative estimate of drug-likeness (QED) is 0.780. The summed E-state index contributed by atoms with van der Waals surface area (Å²) < 4.78 is 32.3. The molecule has 2 aromatic rings. The van der Waals surface area contributed by atoms with Crippen molar-refractivity contribution in [2.24, 2.45) is 0 Å². The van der Waals surface area contributed by atoms with Gasteiger partial charge in [-0.2, -0.15) is 5.10 Å². The number of nitrogens with zero attached hydrogens (tertiary/aromatic N) is 4. The van der Waals surface area contributed by atoms with Gasteiger partial charge in [-0.3, -0.25) is 0 Å². The van der Waals surface area contributed by atoms with Gasteiger partial charge in [0, 0.05) is 25.1 Å². The van der Waals surface area contributed by atoms with Crippen molar-refractivity contribution >= 4 is 17.9 Å². The normalized spacial score (nSPS) is 17.2. The first kappa shape index (κ1) is 15.7. The molecule has 128 valence electrons. The lowest BCUT2D eigenvalue weighted by Crippen LogP contribution is -2.33. The molecule has 4 nitrogen and oxygen atoms in total. The van der Waals surface area contributed by atoms with E-state index in [-0.39, 0.29) is 0 Å². The zero-order valence-electron chi connectivity index (χ0n) is 13.6. The van der Waals surface area contributed by atoms with E-state index in [4.69, 9.17) is 17.3 Å². The van der Waals surface area contributed by atoms with E-state index < -0.39 is 11.6 Å². The standard InChI is InChI=1S/C17H20F2N4S/c1-2-22-16(11-5-6-11)20-23(17(22)24)10-21-7-3-4-12-8-13(18)9-14(19)15(12)21/h8-9,11H,2-7,10H2,1H3. The van der Waals surface area contributed by atoms with Gasteiger partial charge in [0.1, 0.15) is 24.1 Å². The van der Waals surface area contributed by atoms with Crippen LogP contribution in [0.1, 0.15) is 43.5 Å². The van der Waals surface area contributed by atoms with Crippen LogP contribution in [0.2, 0.25) is 0 Å². The Hall–Kier alpha value is -1.76. The molecular weight excluding hydrogens is 330 g/mol. The van der Waals surface area contributed by atoms with Crippen molar-refractivity contribution in [1.29, 1.82) is 0 Å². The first-order chi connectivity index (χ1) is 11.6. The molecule has 1 aliphatic carbocycles. The second-order valence-electron chi connectivity index (χ2n) is 6.56. The summed E-state index contributed by atoms with van der Waals surface area (Å²) >= 11 is 5.56. The van der Waals surface area contributed by atoms with Gasteiger partial charge in [0.2, 0.25) is 0 Å². The average molecular weight is 350 g/mol. The molecule has 1 saturated carbocycles. The second-order valence-corrected chi connectivity index (χ2v) is 6.93. The van der Waals surface area contributed by atoms with E-state index in [1.165, 1.54) is 6.07 Å². The summed E-state index contributed by atoms with van der Waals surface area (Å²) in [5.41, 5.74) is 1.21. The molecule has 0 radical (unpaired) electrons. The first-order valence-corrected chi connectivity index (χ1v) is 8.89. The number of halogens is 2. The predicted octanol–water partition coefficient (Wildman–Crippen LogP) is 4.00. The third-order valence-electron chi connectivity index (χ3n) is 4.81. The van der Waals surface area contributed by atoms with Gasteiger partial charge in [0.15, 0.2) is 4.77 Å². The molecule has 0 unspecified atom stereocenters. The molecule has 0 N–H and O–H groups in total. The summed E-state index contributed by atoms with van der Waals surface area (Å²) in [6.45, 7) is 3.98. The van der Waals surface area contributed by atoms with Crippen molar-refractivity contribution in [2.45, 2.75) is 51.7 Å². The van der Waals surface area contributed by atoms with Crippen LogP contribution in [0.25, 0.3) is 0 Å². The lowest BCUT2D eigenvalue weighted by Gasteiger charge is -2.31. The maximum atomic E-state index is 14.3. The minimum absolute atomic E-state index is 0.404. The largest absolute Gasteiger partial charge is 0.349 e. The van der Waals surface area contributed by atoms with E-state index in [0.29, 0.717) is 29.5 Å². The number of hydrogen-bond acceptors (Lipinski definition) is 3. The number of fused-ring (bicyclic) bond motifs is 1. The highest BCUT2D eigenvalue weighted by molar-refractivity contribution is 7.71. The Balaban J connectivity index is 1.69. The van der Waals surface area contributed by atoms with Gasteiger partial charge in [-0.15, -0.1) is 0 Å². The van der Waals surface area contributed by atoms with Crippen LogP contribution in [-0.2, 0) is 19.6 Å². The van der Waals surface area contributed by atoms with Gasteiger partial charge in [0.05, 0.1) is 5.69 Å². The third-order valence-corrected chi connectivity index (χ3v) is 5.24. The van der Waals surface area contributed by atoms with Crippen LogP contribution < -0.4 is 4.90 Å². The van der Waals surface area contributed by atoms with Gasteiger partial charge in [-0.1, -0.05) is 0 Å². The molecule has 7 heteroatoms. The van der Waals surface area contributed by atoms with Crippen molar-refractivity contribution in [3.05, 3.63) is 39.9 Å². The van der Waals surface area contributed by atoms with Crippen molar-refractivity contribution in [3.8, 4) is 0 Å². The third kappa shape index (κ3) is 2.64. The van der Waals surface area contributed by atoms with Crippen molar-refractivity contribution in [2.75, 3.05) is 11.4 Å². The van der Waals surface area contributed by atoms with Gasteiger partial charge < -0.3 is 9.47 Å². The zero-order valence-corrected chi connectivity index (χ0v) is 14.5. The maximum absolute atomic E-state index is 14.3. The van der Waals surface area contributed by atoms with E-state index in [2.05, 4.69) is 11.5 Å². The minimum atomic E-state index is -0.518. The highest BCUT2D eigenvalue weighted by atomic mass is 32.1. The molecule has 24 heavy (non-hydrogen) atoms. The van der Waals surface area contributed by atoms with Crippen LogP contribution in [0.5, 0.6) is 0 Å². The zero-order chi connectivity index (χ0) is 16.8. The Bertz CT molecular complexity index is 838. The summed E-state index contributed by atoms with van der Waals surface area (Å²) in [7, 11) is 0. The molecule has 2 aliphatic rings. The minimum Gasteiger partial charge on any atom is -0.349 e. The molecule has 0 spiro atoms. The highest BCUT2D eigenvalue weighted by Gasteiger charge is 2.30. The van der Waals surface area contributed by atoms with Crippen LogP contribution in [0.15, 0.2) is 12.1 Å². The van der Waals surface area contributed by atoms with Crippen LogP contribution in [0, 0.1) is 16.4 Å². The molecule has 0 bridgehead atoms. The van der Waals surface area contributed by atoms with Gasteiger partial charge in [-0.05, 0) is 56.5 Å². The summed E-state index contributed by atoms with van der Waals surface area (Å²) in [5.74, 6) is 0.524. The molecule has 1 aromatic carbocycles. The Kier molecular flexibility index (Phi) is 3.90. The Labute approximate surface area is 144 Å². The smallest absolute Gasteiger partial charge is 0.199 e. The van der Waals surface area contributed by atoms with E-state index in [1.807, 2.05) is 4.90 Å². The number of benzene rings is 1. The molecule has 0 amide bonds. The molecule has 1 fully saturated rings. The van der Waals surface area contributed by atoms with Crippen LogP contribution >= 0.6 is 12.2 Å². The maximum Gasteiger partial charge on any atom is 0.199 e. The summed E-state index contributed by atoms with van der Waals surface area (Å²) in [4.78, 5) is 1.92. The lowest BCUT2D eigenvalue weighted by atomic mass is 10.0. The van der Waals surface area contributed by atoms with Gasteiger partial charge in [-0.25, -0.2) is 13.5 Å². The first-order valence-electron chi connectivity index (χ1n) is 8.49. The molecular formula is C17H20F2N4S. The van der Waals surface area contributed by atoms with E-state index in [9.17, 15) is 8.78 Å². The summed E-state index contributed by atoms with van der Waals surface area (Å²) in [6.07, 6.45) is 3.88. The van der Waals surface area contributed by atoms with E-state index in [0.717, 1.165) is 49.8 Å². The van der Waals surface area contributed by atoms with E-state index >= 15 is 0 Å². The number of aryl methyl sites for hydroxylation is 1. The lowest BCUT2D eigenvalue weighted by molar-refractivity contribution is 0.514. The molecule has 0 saturated heterocycles. The van der Waals surface area contributed by atoms with E-state index in [1.54, 1.807) is 4.68 Å². The molecule has 4 rings (SSSR count). The SMILES string of the molecule is CCn1c(C2CC2)nn(CN2CCCc3cc(F)cc(F)c32)c1=S. The van der Waals surface area contributed by atoms with Gasteiger partial charge in [0.25, 0.3) is 0 Å². The van der Waals surface area contributed by atoms with Gasteiger partial charge >= 0.3 is 0 Å². The Morgan fingerprint density at radius 2 is 2.08 bits per heavy atom. The fraction of sp³-hybridized carbons (Fsp3) is 0.529. The Morgan fingerprint density at radius 3 is 2.79 bits per heavy atom.